The molecule has 1 aliphatic heterocycles. The predicted octanol–water partition coefficient (Wildman–Crippen LogP) is -0.977. The van der Waals surface area contributed by atoms with E-state index >= 15 is 0 Å². The van der Waals surface area contributed by atoms with E-state index in [2.05, 4.69) is 15.0 Å². The van der Waals surface area contributed by atoms with Crippen LogP contribution in [0.1, 0.15) is 11.8 Å². The van der Waals surface area contributed by atoms with E-state index in [9.17, 15) is 15.3 Å². The Bertz CT molecular complexity index is 914. The molecule has 4 atom stereocenters. The number of nitrogens with zero attached hydrogens (tertiary/aromatic N) is 5. The highest BCUT2D eigenvalue weighted by Gasteiger charge is 2.44. The maximum Gasteiger partial charge on any atom is 0.359 e. The number of aryl methyl sites for hydroxylation is 1. The molecule has 4 heterocycles. The Morgan fingerprint density at radius 3 is 2.80 bits per heavy atom. The van der Waals surface area contributed by atoms with Crippen molar-refractivity contribution >= 4 is 11.2 Å². The third-order valence-corrected chi connectivity index (χ3v) is 4.32. The third-order valence-electron chi connectivity index (χ3n) is 4.32. The molecule has 3 aromatic heterocycles. The van der Waals surface area contributed by atoms with Gasteiger partial charge >= 0.3 is 5.82 Å². The number of aliphatic hydroxyl groups excluding tert-OH is 3. The predicted molar refractivity (Wildman–Crippen MR) is 84.6 cm³/mol. The van der Waals surface area contributed by atoms with Crippen LogP contribution >= 0.6 is 0 Å². The average Bonchev–Trinajstić information content (AvgIpc) is 3.16. The SMILES string of the molecule is Cc1ccc[n+](-c2ncnc3c2ncn3C2OC(CO)C(O)C2O)c1. The fourth-order valence-electron chi connectivity index (χ4n) is 3.05. The zero-order valence-electron chi connectivity index (χ0n) is 13.5. The number of hydrogen-bond donors (Lipinski definition) is 3. The topological polar surface area (TPSA) is 117 Å². The summed E-state index contributed by atoms with van der Waals surface area (Å²) < 4.78 is 8.94. The van der Waals surface area contributed by atoms with Gasteiger partial charge in [-0.1, -0.05) is 6.07 Å². The van der Waals surface area contributed by atoms with Crippen LogP contribution in [0.25, 0.3) is 17.0 Å². The van der Waals surface area contributed by atoms with Gasteiger partial charge < -0.3 is 20.1 Å². The normalized spacial score (nSPS) is 26.4. The molecule has 4 unspecified atom stereocenters. The zero-order chi connectivity index (χ0) is 17.6. The van der Waals surface area contributed by atoms with Crippen LogP contribution in [-0.4, -0.2) is 59.8 Å². The highest BCUT2D eigenvalue weighted by molar-refractivity contribution is 5.76. The van der Waals surface area contributed by atoms with Crippen molar-refractivity contribution in [3.05, 3.63) is 42.7 Å². The van der Waals surface area contributed by atoms with Gasteiger partial charge in [0.1, 0.15) is 18.3 Å². The Labute approximate surface area is 142 Å². The van der Waals surface area contributed by atoms with E-state index in [1.54, 1.807) is 4.57 Å². The van der Waals surface area contributed by atoms with Crippen molar-refractivity contribution in [2.24, 2.45) is 0 Å². The van der Waals surface area contributed by atoms with E-state index < -0.39 is 24.5 Å². The molecule has 9 nitrogen and oxygen atoms in total. The van der Waals surface area contributed by atoms with Crippen LogP contribution in [-0.2, 0) is 4.74 Å². The van der Waals surface area contributed by atoms with Crippen molar-refractivity contribution in [1.29, 1.82) is 0 Å². The molecule has 3 aromatic rings. The first-order valence-electron chi connectivity index (χ1n) is 7.88. The fourth-order valence-corrected chi connectivity index (χ4v) is 3.05. The summed E-state index contributed by atoms with van der Waals surface area (Å²) in [6.45, 7) is 1.59. The van der Waals surface area contributed by atoms with Crippen LogP contribution in [0.2, 0.25) is 0 Å². The van der Waals surface area contributed by atoms with Crippen LogP contribution in [0.3, 0.4) is 0 Å². The van der Waals surface area contributed by atoms with Crippen LogP contribution < -0.4 is 4.57 Å². The van der Waals surface area contributed by atoms with Gasteiger partial charge in [0.2, 0.25) is 11.8 Å². The van der Waals surface area contributed by atoms with E-state index in [4.69, 9.17) is 4.74 Å². The molecule has 25 heavy (non-hydrogen) atoms. The number of hydrogen-bond acceptors (Lipinski definition) is 7. The van der Waals surface area contributed by atoms with Crippen molar-refractivity contribution in [1.82, 2.24) is 19.5 Å². The summed E-state index contributed by atoms with van der Waals surface area (Å²) in [5, 5.41) is 29.4. The first-order valence-corrected chi connectivity index (χ1v) is 7.88. The number of rotatable bonds is 3. The van der Waals surface area contributed by atoms with Gasteiger partial charge in [0, 0.05) is 0 Å². The summed E-state index contributed by atoms with van der Waals surface area (Å²) in [7, 11) is 0. The minimum Gasteiger partial charge on any atom is -0.394 e. The number of imidazole rings is 1. The van der Waals surface area contributed by atoms with Gasteiger partial charge in [0.25, 0.3) is 0 Å². The average molecular weight is 344 g/mol. The molecule has 4 rings (SSSR count). The number of fused-ring (bicyclic) bond motifs is 1. The van der Waals surface area contributed by atoms with Crippen LogP contribution in [0.4, 0.5) is 0 Å². The van der Waals surface area contributed by atoms with Crippen LogP contribution in [0.5, 0.6) is 0 Å². The standard InChI is InChI=1S/C16H18N5O4/c1-9-3-2-4-20(5-9)14-11-15(18-7-17-14)21(8-19-11)16-13(24)12(23)10(6-22)25-16/h2-5,7-8,10,12-13,16,22-24H,6H2,1H3/q+1. The van der Waals surface area contributed by atoms with E-state index in [0.29, 0.717) is 17.0 Å². The molecule has 130 valence electrons. The van der Waals surface area contributed by atoms with Gasteiger partial charge in [-0.15, -0.1) is 0 Å². The summed E-state index contributed by atoms with van der Waals surface area (Å²) in [6.07, 6.45) is 2.56. The Morgan fingerprint density at radius 1 is 1.24 bits per heavy atom. The van der Waals surface area contributed by atoms with Crippen LogP contribution in [0.15, 0.2) is 37.2 Å². The lowest BCUT2D eigenvalue weighted by Crippen LogP contribution is -2.33. The minimum atomic E-state index is -1.19. The largest absolute Gasteiger partial charge is 0.394 e. The van der Waals surface area contributed by atoms with Gasteiger partial charge in [-0.2, -0.15) is 4.98 Å². The number of ether oxygens (including phenoxy) is 1. The summed E-state index contributed by atoms with van der Waals surface area (Å²) >= 11 is 0. The van der Waals surface area contributed by atoms with Gasteiger partial charge in [0.05, 0.1) is 25.3 Å². The maximum atomic E-state index is 10.2. The van der Waals surface area contributed by atoms with E-state index in [0.717, 1.165) is 5.56 Å². The van der Waals surface area contributed by atoms with Gasteiger partial charge in [-0.3, -0.25) is 4.57 Å². The molecule has 3 N–H and O–H groups in total. The Hall–Kier alpha value is -2.46. The number of pyridine rings is 1. The molecule has 0 aromatic carbocycles. The summed E-state index contributed by atoms with van der Waals surface area (Å²) in [4.78, 5) is 12.9. The Balaban J connectivity index is 1.80. The number of aromatic nitrogens is 5. The smallest absolute Gasteiger partial charge is 0.359 e. The van der Waals surface area contributed by atoms with Crippen molar-refractivity contribution in [3.8, 4) is 5.82 Å². The molecule has 1 fully saturated rings. The molecule has 0 aliphatic carbocycles. The molecule has 1 saturated heterocycles. The highest BCUT2D eigenvalue weighted by atomic mass is 16.6. The summed E-state index contributed by atoms with van der Waals surface area (Å²) in [5.41, 5.74) is 2.07. The van der Waals surface area contributed by atoms with Crippen molar-refractivity contribution in [2.45, 2.75) is 31.5 Å². The first kappa shape index (κ1) is 16.0. The third kappa shape index (κ3) is 2.57. The molecular formula is C16H18N5O4+. The van der Waals surface area contributed by atoms with Crippen molar-refractivity contribution in [2.75, 3.05) is 6.61 Å². The highest BCUT2D eigenvalue weighted by Crippen LogP contribution is 2.31. The maximum absolute atomic E-state index is 10.2. The lowest BCUT2D eigenvalue weighted by molar-refractivity contribution is -0.598. The molecule has 9 heteroatoms. The van der Waals surface area contributed by atoms with Crippen LogP contribution in [0, 0.1) is 6.92 Å². The van der Waals surface area contributed by atoms with Gasteiger partial charge in [0.15, 0.2) is 11.9 Å². The van der Waals surface area contributed by atoms with Crippen molar-refractivity contribution in [3.63, 3.8) is 0 Å². The van der Waals surface area contributed by atoms with E-state index in [1.165, 1.54) is 12.7 Å². The molecule has 0 amide bonds. The summed E-state index contributed by atoms with van der Waals surface area (Å²) in [5.74, 6) is 0.596. The van der Waals surface area contributed by atoms with E-state index in [-0.39, 0.29) is 6.61 Å². The minimum absolute atomic E-state index is 0.388. The quantitative estimate of drug-likeness (QED) is 0.523. The summed E-state index contributed by atoms with van der Waals surface area (Å²) in [6, 6.07) is 3.89. The lowest BCUT2D eigenvalue weighted by Gasteiger charge is -2.16. The molecule has 0 radical (unpaired) electrons. The molecule has 0 saturated carbocycles. The monoisotopic (exact) mass is 344 g/mol. The Morgan fingerprint density at radius 2 is 2.08 bits per heavy atom. The van der Waals surface area contributed by atoms with Gasteiger partial charge in [-0.05, 0) is 23.5 Å². The molecular weight excluding hydrogens is 326 g/mol. The fraction of sp³-hybridized carbons (Fsp3) is 0.375. The zero-order valence-corrected chi connectivity index (χ0v) is 13.5. The second-order valence-electron chi connectivity index (χ2n) is 6.04. The van der Waals surface area contributed by atoms with Gasteiger partial charge in [-0.25, -0.2) is 9.55 Å². The molecule has 0 spiro atoms. The first-order chi connectivity index (χ1) is 12.1. The molecule has 1 aliphatic rings. The lowest BCUT2D eigenvalue weighted by atomic mass is 10.1. The van der Waals surface area contributed by atoms with E-state index in [1.807, 2.05) is 36.0 Å². The second kappa shape index (κ2) is 6.12. The molecule has 0 bridgehead atoms. The number of aliphatic hydroxyl groups is 3. The van der Waals surface area contributed by atoms with Crippen molar-refractivity contribution < 1.29 is 24.6 Å². The second-order valence-corrected chi connectivity index (χ2v) is 6.04. The Kier molecular flexibility index (Phi) is 3.92.